The second-order valence-electron chi connectivity index (χ2n) is 8.21. The Balaban J connectivity index is 1.87. The Bertz CT molecular complexity index is 1150. The van der Waals surface area contributed by atoms with Crippen LogP contribution in [0.1, 0.15) is 25.5 Å². The Morgan fingerprint density at radius 1 is 1.03 bits per heavy atom. The van der Waals surface area contributed by atoms with Crippen molar-refractivity contribution < 1.29 is 29.4 Å². The van der Waals surface area contributed by atoms with Gasteiger partial charge in [-0.05, 0) is 29.1 Å². The van der Waals surface area contributed by atoms with Gasteiger partial charge in [0.25, 0.3) is 5.91 Å². The standard InChI is InChI=1S/C26H28N2O6/c1-26(2,15-14-23(30)28-32)24(19-10-12-20(13-11-19)33-17-16-29)34-25(31)27-22-9-5-7-18-6-3-4-8-21(18)22/h3-15,24,29,32H,16-17H2,1-2H3,(H,27,31)(H,28,30)/b15-14+/t24-/m0/s1. The zero-order chi connectivity index (χ0) is 24.6. The third-order valence-corrected chi connectivity index (χ3v) is 5.24. The molecule has 178 valence electrons. The average molecular weight is 465 g/mol. The van der Waals surface area contributed by atoms with Gasteiger partial charge in [-0.25, -0.2) is 10.3 Å². The normalized spacial score (nSPS) is 12.4. The van der Waals surface area contributed by atoms with E-state index < -0.39 is 23.5 Å². The monoisotopic (exact) mass is 464 g/mol. The van der Waals surface area contributed by atoms with Gasteiger partial charge >= 0.3 is 6.09 Å². The van der Waals surface area contributed by atoms with E-state index in [-0.39, 0.29) is 13.2 Å². The lowest BCUT2D eigenvalue weighted by molar-refractivity contribution is -0.124. The zero-order valence-electron chi connectivity index (χ0n) is 19.0. The molecule has 0 bridgehead atoms. The van der Waals surface area contributed by atoms with E-state index in [0.717, 1.165) is 10.8 Å². The number of aliphatic hydroxyl groups excluding tert-OH is 1. The summed E-state index contributed by atoms with van der Waals surface area (Å²) in [6.45, 7) is 3.67. The molecule has 0 saturated carbocycles. The minimum atomic E-state index is -0.823. The van der Waals surface area contributed by atoms with Crippen LogP contribution < -0.4 is 15.5 Å². The van der Waals surface area contributed by atoms with Gasteiger partial charge in [0.1, 0.15) is 18.5 Å². The summed E-state index contributed by atoms with van der Waals surface area (Å²) in [6, 6.07) is 20.2. The summed E-state index contributed by atoms with van der Waals surface area (Å²) in [4.78, 5) is 24.5. The van der Waals surface area contributed by atoms with Crippen LogP contribution >= 0.6 is 0 Å². The molecule has 0 aromatic heterocycles. The summed E-state index contributed by atoms with van der Waals surface area (Å²) < 4.78 is 11.3. The van der Waals surface area contributed by atoms with Crippen LogP contribution in [0.2, 0.25) is 0 Å². The molecule has 3 rings (SSSR count). The number of hydrogen-bond donors (Lipinski definition) is 4. The summed E-state index contributed by atoms with van der Waals surface area (Å²) in [5, 5.41) is 22.4. The summed E-state index contributed by atoms with van der Waals surface area (Å²) in [6.07, 6.45) is 1.30. The summed E-state index contributed by atoms with van der Waals surface area (Å²) in [7, 11) is 0. The number of rotatable bonds is 9. The molecule has 0 spiro atoms. The largest absolute Gasteiger partial charge is 0.491 e. The number of benzene rings is 3. The fourth-order valence-electron chi connectivity index (χ4n) is 3.55. The minimum Gasteiger partial charge on any atom is -0.491 e. The molecule has 4 N–H and O–H groups in total. The molecule has 0 heterocycles. The Morgan fingerprint density at radius 2 is 1.74 bits per heavy atom. The Hall–Kier alpha value is -3.88. The zero-order valence-corrected chi connectivity index (χ0v) is 19.0. The van der Waals surface area contributed by atoms with E-state index in [1.807, 2.05) is 36.4 Å². The van der Waals surface area contributed by atoms with Crippen molar-refractivity contribution in [3.8, 4) is 5.75 Å². The molecule has 8 heteroatoms. The maximum atomic E-state index is 13.0. The Labute approximate surface area is 197 Å². The van der Waals surface area contributed by atoms with Crippen LogP contribution in [0.5, 0.6) is 5.75 Å². The number of aliphatic hydroxyl groups is 1. The van der Waals surface area contributed by atoms with Crippen LogP contribution in [-0.4, -0.2) is 35.5 Å². The molecule has 0 aliphatic rings. The van der Waals surface area contributed by atoms with E-state index in [2.05, 4.69) is 5.32 Å². The first-order chi connectivity index (χ1) is 16.3. The molecule has 3 aromatic rings. The number of nitrogens with one attached hydrogen (secondary N) is 2. The van der Waals surface area contributed by atoms with Crippen LogP contribution in [0.4, 0.5) is 10.5 Å². The van der Waals surface area contributed by atoms with Crippen molar-refractivity contribution in [3.63, 3.8) is 0 Å². The lowest BCUT2D eigenvalue weighted by Crippen LogP contribution is -2.28. The van der Waals surface area contributed by atoms with Crippen LogP contribution in [0.3, 0.4) is 0 Å². The molecule has 2 amide bonds. The van der Waals surface area contributed by atoms with Crippen molar-refractivity contribution in [1.82, 2.24) is 5.48 Å². The fourth-order valence-corrected chi connectivity index (χ4v) is 3.55. The van der Waals surface area contributed by atoms with Crippen molar-refractivity contribution in [3.05, 3.63) is 84.4 Å². The number of ether oxygens (including phenoxy) is 2. The van der Waals surface area contributed by atoms with Gasteiger partial charge in [-0.3, -0.25) is 15.3 Å². The summed E-state index contributed by atoms with van der Waals surface area (Å²) in [5.74, 6) is -0.135. The maximum absolute atomic E-state index is 13.0. The van der Waals surface area contributed by atoms with Gasteiger partial charge in [-0.2, -0.15) is 0 Å². The van der Waals surface area contributed by atoms with Gasteiger partial charge < -0.3 is 14.6 Å². The minimum absolute atomic E-state index is 0.105. The molecule has 0 aliphatic heterocycles. The molecular formula is C26H28N2O6. The van der Waals surface area contributed by atoms with E-state index in [0.29, 0.717) is 17.0 Å². The van der Waals surface area contributed by atoms with E-state index in [4.69, 9.17) is 19.8 Å². The smallest absolute Gasteiger partial charge is 0.412 e. The van der Waals surface area contributed by atoms with E-state index in [1.54, 1.807) is 55.7 Å². The first-order valence-corrected chi connectivity index (χ1v) is 10.8. The van der Waals surface area contributed by atoms with Crippen LogP contribution in [0, 0.1) is 5.41 Å². The molecule has 1 atom stereocenters. The quantitative estimate of drug-likeness (QED) is 0.209. The van der Waals surface area contributed by atoms with Crippen molar-refractivity contribution in [1.29, 1.82) is 0 Å². The van der Waals surface area contributed by atoms with Crippen LogP contribution in [0.25, 0.3) is 10.8 Å². The van der Waals surface area contributed by atoms with E-state index in [9.17, 15) is 9.59 Å². The molecule has 0 saturated heterocycles. The van der Waals surface area contributed by atoms with E-state index in [1.165, 1.54) is 6.08 Å². The highest BCUT2D eigenvalue weighted by molar-refractivity contribution is 6.00. The molecular weight excluding hydrogens is 436 g/mol. The van der Waals surface area contributed by atoms with E-state index >= 15 is 0 Å². The third-order valence-electron chi connectivity index (χ3n) is 5.24. The first-order valence-electron chi connectivity index (χ1n) is 10.8. The Kier molecular flexibility index (Phi) is 8.24. The van der Waals surface area contributed by atoms with Gasteiger partial charge in [-0.1, -0.05) is 68.5 Å². The van der Waals surface area contributed by atoms with Gasteiger partial charge in [0.05, 0.1) is 12.3 Å². The number of fused-ring (bicyclic) bond motifs is 1. The SMILES string of the molecule is CC(C)(/C=C/C(=O)NO)[C@@H](OC(=O)Nc1cccc2ccccc12)c1ccc(OCCO)cc1. The molecule has 0 radical (unpaired) electrons. The number of carbonyl (C=O) groups excluding carboxylic acids is 2. The fraction of sp³-hybridized carbons (Fsp3) is 0.231. The van der Waals surface area contributed by atoms with Gasteiger partial charge in [0.2, 0.25) is 0 Å². The van der Waals surface area contributed by atoms with Gasteiger partial charge in [-0.15, -0.1) is 0 Å². The number of amides is 2. The van der Waals surface area contributed by atoms with Gasteiger partial charge in [0, 0.05) is 16.9 Å². The highest BCUT2D eigenvalue weighted by Gasteiger charge is 2.32. The molecule has 3 aromatic carbocycles. The molecule has 8 nitrogen and oxygen atoms in total. The summed E-state index contributed by atoms with van der Waals surface area (Å²) in [5.41, 5.74) is 2.01. The van der Waals surface area contributed by atoms with Crippen molar-refractivity contribution in [2.75, 3.05) is 18.5 Å². The number of hydrogen-bond acceptors (Lipinski definition) is 6. The number of hydroxylamine groups is 1. The number of carbonyl (C=O) groups is 2. The van der Waals surface area contributed by atoms with Crippen molar-refractivity contribution in [2.45, 2.75) is 20.0 Å². The first kappa shape index (κ1) is 24.8. The van der Waals surface area contributed by atoms with Crippen molar-refractivity contribution >= 4 is 28.5 Å². The Morgan fingerprint density at radius 3 is 2.44 bits per heavy atom. The summed E-state index contributed by atoms with van der Waals surface area (Å²) >= 11 is 0. The molecule has 0 fully saturated rings. The lowest BCUT2D eigenvalue weighted by Gasteiger charge is -2.31. The lowest BCUT2D eigenvalue weighted by atomic mass is 9.82. The maximum Gasteiger partial charge on any atom is 0.412 e. The van der Waals surface area contributed by atoms with Crippen LogP contribution in [-0.2, 0) is 9.53 Å². The number of anilines is 1. The highest BCUT2D eigenvalue weighted by atomic mass is 16.6. The predicted octanol–water partition coefficient (Wildman–Crippen LogP) is 4.59. The average Bonchev–Trinajstić information content (AvgIpc) is 2.85. The molecule has 0 aliphatic carbocycles. The third kappa shape index (κ3) is 6.34. The second kappa shape index (κ2) is 11.3. The molecule has 34 heavy (non-hydrogen) atoms. The highest BCUT2D eigenvalue weighted by Crippen LogP contribution is 2.39. The second-order valence-corrected chi connectivity index (χ2v) is 8.21. The van der Waals surface area contributed by atoms with Gasteiger partial charge in [0.15, 0.2) is 0 Å². The predicted molar refractivity (Wildman–Crippen MR) is 129 cm³/mol. The topological polar surface area (TPSA) is 117 Å². The van der Waals surface area contributed by atoms with Crippen molar-refractivity contribution in [2.24, 2.45) is 5.41 Å². The molecule has 0 unspecified atom stereocenters. The van der Waals surface area contributed by atoms with Crippen LogP contribution in [0.15, 0.2) is 78.9 Å².